The Morgan fingerprint density at radius 2 is 2.11 bits per heavy atom. The van der Waals surface area contributed by atoms with Crippen molar-refractivity contribution in [2.24, 2.45) is 0 Å². The van der Waals surface area contributed by atoms with Crippen molar-refractivity contribution < 1.29 is 14.6 Å². The van der Waals surface area contributed by atoms with E-state index in [4.69, 9.17) is 4.74 Å². The van der Waals surface area contributed by atoms with Gasteiger partial charge in [-0.3, -0.25) is 14.6 Å². The minimum absolute atomic E-state index is 0.0732. The van der Waals surface area contributed by atoms with Crippen LogP contribution in [0.25, 0.3) is 0 Å². The first-order chi connectivity index (χ1) is 9.08. The molecule has 0 saturated heterocycles. The highest BCUT2D eigenvalue weighted by Gasteiger charge is 2.08. The molecule has 0 bridgehead atoms. The largest absolute Gasteiger partial charge is 0.497 e. The minimum Gasteiger partial charge on any atom is -0.497 e. The fourth-order valence-electron chi connectivity index (χ4n) is 1.56. The quantitative estimate of drug-likeness (QED) is 0.776. The van der Waals surface area contributed by atoms with E-state index in [1.54, 1.807) is 24.3 Å². The number of hydrogen-bond acceptors (Lipinski definition) is 4. The molecule has 2 aromatic rings. The van der Waals surface area contributed by atoms with Crippen molar-refractivity contribution in [3.8, 4) is 11.6 Å². The Morgan fingerprint density at radius 3 is 2.79 bits per heavy atom. The molecule has 1 amide bonds. The number of carbonyl (C=O) groups excluding carboxylic acids is 1. The van der Waals surface area contributed by atoms with E-state index in [1.807, 2.05) is 0 Å². The lowest BCUT2D eigenvalue weighted by Crippen LogP contribution is -2.15. The van der Waals surface area contributed by atoms with Gasteiger partial charge in [0.05, 0.1) is 12.7 Å². The lowest BCUT2D eigenvalue weighted by Gasteiger charge is -2.07. The number of H-pyrrole nitrogens is 1. The summed E-state index contributed by atoms with van der Waals surface area (Å²) in [6, 6.07) is 9.09. The van der Waals surface area contributed by atoms with Gasteiger partial charge in [0.1, 0.15) is 5.75 Å². The van der Waals surface area contributed by atoms with E-state index >= 15 is 0 Å². The Labute approximate surface area is 108 Å². The summed E-state index contributed by atoms with van der Waals surface area (Å²) in [5.74, 6) is -0.246. The first kappa shape index (κ1) is 12.7. The molecule has 0 aliphatic carbocycles. The number of amides is 1. The molecule has 0 atom stereocenters. The maximum absolute atomic E-state index is 11.9. The summed E-state index contributed by atoms with van der Waals surface area (Å²) in [5, 5.41) is 11.8. The van der Waals surface area contributed by atoms with Crippen LogP contribution in [0.5, 0.6) is 11.6 Å². The van der Waals surface area contributed by atoms with Crippen molar-refractivity contribution in [3.05, 3.63) is 52.3 Å². The van der Waals surface area contributed by atoms with Gasteiger partial charge >= 0.3 is 0 Å². The molecule has 6 heteroatoms. The molecule has 0 aliphatic heterocycles. The third-order valence-corrected chi connectivity index (χ3v) is 2.42. The second-order valence-corrected chi connectivity index (χ2v) is 3.80. The second-order valence-electron chi connectivity index (χ2n) is 3.80. The van der Waals surface area contributed by atoms with Gasteiger partial charge < -0.3 is 15.2 Å². The number of benzene rings is 1. The Bertz CT molecular complexity index is 664. The molecule has 0 radical (unpaired) electrons. The molecule has 0 fully saturated rings. The zero-order chi connectivity index (χ0) is 13.8. The van der Waals surface area contributed by atoms with E-state index < -0.39 is 11.5 Å². The van der Waals surface area contributed by atoms with Gasteiger partial charge in [0.15, 0.2) is 5.88 Å². The molecule has 0 unspecified atom stereocenters. The average Bonchev–Trinajstić information content (AvgIpc) is 2.37. The van der Waals surface area contributed by atoms with Gasteiger partial charge in [-0.15, -0.1) is 0 Å². The van der Waals surface area contributed by atoms with Crippen LogP contribution in [0, 0.1) is 0 Å². The summed E-state index contributed by atoms with van der Waals surface area (Å²) in [7, 11) is 1.52. The number of anilines is 1. The Morgan fingerprint density at radius 1 is 1.32 bits per heavy atom. The second kappa shape index (κ2) is 5.26. The number of carbonyl (C=O) groups is 1. The molecule has 98 valence electrons. The van der Waals surface area contributed by atoms with Crippen LogP contribution < -0.4 is 15.6 Å². The standard InChI is InChI=1S/C13H12N2O4/c1-19-10-4-2-3-9(7-10)14-13(18)8-5-11(16)15-12(17)6-8/h2-7H,1H3,(H,14,18)(H2,15,16,17). The van der Waals surface area contributed by atoms with Gasteiger partial charge in [-0.05, 0) is 12.1 Å². The predicted molar refractivity (Wildman–Crippen MR) is 69.7 cm³/mol. The van der Waals surface area contributed by atoms with Crippen molar-refractivity contribution in [1.29, 1.82) is 0 Å². The minimum atomic E-state index is -0.546. The summed E-state index contributed by atoms with van der Waals surface area (Å²) >= 11 is 0. The summed E-state index contributed by atoms with van der Waals surface area (Å²) in [6.07, 6.45) is 0. The lowest BCUT2D eigenvalue weighted by molar-refractivity contribution is 0.102. The molecule has 1 aromatic heterocycles. The molecule has 0 spiro atoms. The van der Waals surface area contributed by atoms with Gasteiger partial charge in [0.25, 0.3) is 11.5 Å². The van der Waals surface area contributed by atoms with Crippen LogP contribution in [0.4, 0.5) is 5.69 Å². The molecule has 0 aliphatic rings. The van der Waals surface area contributed by atoms with Gasteiger partial charge in [0.2, 0.25) is 0 Å². The third kappa shape index (κ3) is 3.12. The Hall–Kier alpha value is -2.76. The van der Waals surface area contributed by atoms with Crippen LogP contribution in [-0.2, 0) is 0 Å². The zero-order valence-electron chi connectivity index (χ0n) is 10.1. The molecule has 3 N–H and O–H groups in total. The molecule has 1 heterocycles. The number of hydrogen-bond donors (Lipinski definition) is 3. The maximum atomic E-state index is 11.9. The van der Waals surface area contributed by atoms with E-state index in [-0.39, 0.29) is 11.4 Å². The first-order valence-corrected chi connectivity index (χ1v) is 5.47. The van der Waals surface area contributed by atoms with Crippen LogP contribution in [0.15, 0.2) is 41.2 Å². The molecule has 2 rings (SSSR count). The molecule has 6 nitrogen and oxygen atoms in total. The number of pyridine rings is 1. The van der Waals surface area contributed by atoms with E-state index in [0.717, 1.165) is 6.07 Å². The van der Waals surface area contributed by atoms with E-state index in [9.17, 15) is 14.7 Å². The van der Waals surface area contributed by atoms with Gasteiger partial charge in [-0.2, -0.15) is 0 Å². The van der Waals surface area contributed by atoms with Crippen LogP contribution in [0.3, 0.4) is 0 Å². The maximum Gasteiger partial charge on any atom is 0.256 e. The van der Waals surface area contributed by atoms with Crippen molar-refractivity contribution in [2.45, 2.75) is 0 Å². The summed E-state index contributed by atoms with van der Waals surface area (Å²) in [6.45, 7) is 0. The van der Waals surface area contributed by atoms with Gasteiger partial charge in [-0.25, -0.2) is 0 Å². The smallest absolute Gasteiger partial charge is 0.256 e. The Kier molecular flexibility index (Phi) is 3.51. The lowest BCUT2D eigenvalue weighted by atomic mass is 10.2. The average molecular weight is 260 g/mol. The SMILES string of the molecule is COc1cccc(NC(=O)c2cc(O)[nH]c(=O)c2)c1. The fourth-order valence-corrected chi connectivity index (χ4v) is 1.56. The fraction of sp³-hybridized carbons (Fsp3) is 0.0769. The third-order valence-electron chi connectivity index (χ3n) is 2.42. The van der Waals surface area contributed by atoms with Crippen molar-refractivity contribution >= 4 is 11.6 Å². The van der Waals surface area contributed by atoms with Crippen LogP contribution in [0.2, 0.25) is 0 Å². The van der Waals surface area contributed by atoms with E-state index in [2.05, 4.69) is 10.3 Å². The topological polar surface area (TPSA) is 91.4 Å². The number of nitrogens with one attached hydrogen (secondary N) is 2. The number of aromatic nitrogens is 1. The predicted octanol–water partition coefficient (Wildman–Crippen LogP) is 1.34. The highest BCUT2D eigenvalue weighted by Crippen LogP contribution is 2.17. The summed E-state index contributed by atoms with van der Waals surface area (Å²) in [5.41, 5.74) is 0.0592. The number of aromatic hydroxyl groups is 1. The van der Waals surface area contributed by atoms with Crippen LogP contribution in [-0.4, -0.2) is 23.1 Å². The number of rotatable bonds is 3. The van der Waals surface area contributed by atoms with E-state index in [1.165, 1.54) is 13.2 Å². The van der Waals surface area contributed by atoms with E-state index in [0.29, 0.717) is 11.4 Å². The first-order valence-electron chi connectivity index (χ1n) is 5.47. The van der Waals surface area contributed by atoms with Crippen molar-refractivity contribution in [3.63, 3.8) is 0 Å². The molecule has 19 heavy (non-hydrogen) atoms. The number of aromatic amines is 1. The highest BCUT2D eigenvalue weighted by atomic mass is 16.5. The normalized spacial score (nSPS) is 9.95. The number of methoxy groups -OCH3 is 1. The number of ether oxygens (including phenoxy) is 1. The molecule has 0 saturated carbocycles. The van der Waals surface area contributed by atoms with Gasteiger partial charge in [0, 0.05) is 23.9 Å². The molecule has 1 aromatic carbocycles. The Balaban J connectivity index is 2.22. The van der Waals surface area contributed by atoms with Crippen LogP contribution in [0.1, 0.15) is 10.4 Å². The zero-order valence-corrected chi connectivity index (χ0v) is 10.1. The van der Waals surface area contributed by atoms with Crippen molar-refractivity contribution in [2.75, 3.05) is 12.4 Å². The van der Waals surface area contributed by atoms with Crippen LogP contribution >= 0.6 is 0 Å². The summed E-state index contributed by atoms with van der Waals surface area (Å²) in [4.78, 5) is 25.2. The highest BCUT2D eigenvalue weighted by molar-refractivity contribution is 6.04. The van der Waals surface area contributed by atoms with Gasteiger partial charge in [-0.1, -0.05) is 6.07 Å². The molecular weight excluding hydrogens is 248 g/mol. The monoisotopic (exact) mass is 260 g/mol. The molecular formula is C13H12N2O4. The summed E-state index contributed by atoms with van der Waals surface area (Å²) < 4.78 is 5.03. The van der Waals surface area contributed by atoms with Crippen molar-refractivity contribution in [1.82, 2.24) is 4.98 Å².